The summed E-state index contributed by atoms with van der Waals surface area (Å²) in [5.41, 5.74) is 0. The molecule has 0 aliphatic heterocycles. The third-order valence-corrected chi connectivity index (χ3v) is 4.11. The Bertz CT molecular complexity index is 528. The second-order valence-electron chi connectivity index (χ2n) is 3.91. The van der Waals surface area contributed by atoms with Crippen LogP contribution in [0.4, 0.5) is 0 Å². The van der Waals surface area contributed by atoms with Gasteiger partial charge in [-0.3, -0.25) is 0 Å². The Kier molecular flexibility index (Phi) is 24.8. The molecule has 0 aliphatic carbocycles. The van der Waals surface area contributed by atoms with Gasteiger partial charge in [0.05, 0.1) is 0 Å². The zero-order chi connectivity index (χ0) is 25.4. The minimum atomic E-state index is -4.14. The average molecular weight is 660 g/mol. The van der Waals surface area contributed by atoms with E-state index in [1.165, 1.54) is 0 Å². The molecule has 0 aliphatic rings. The summed E-state index contributed by atoms with van der Waals surface area (Å²) in [6.45, 7) is 0.632. The van der Waals surface area contributed by atoms with E-state index in [-0.39, 0.29) is 0 Å². The van der Waals surface area contributed by atoms with Crippen LogP contribution < -0.4 is 9.79 Å². The molecule has 31 heavy (non-hydrogen) atoms. The third-order valence-electron chi connectivity index (χ3n) is 1.37. The van der Waals surface area contributed by atoms with Crippen molar-refractivity contribution in [2.75, 3.05) is 6.66 Å². The molecule has 0 bridgehead atoms. The quantitative estimate of drug-likeness (QED) is 0.207. The molecule has 176 valence electrons. The molecule has 22 heteroatoms. The Balaban J connectivity index is -0.000000416. The molecule has 0 fully saturated rings. The van der Waals surface area contributed by atoms with Crippen LogP contribution in [0.15, 0.2) is 0 Å². The minimum absolute atomic E-state index is 0.632. The van der Waals surface area contributed by atoms with Crippen molar-refractivity contribution in [1.29, 1.82) is 0 Å². The van der Waals surface area contributed by atoms with Gasteiger partial charge in [0.15, 0.2) is 0 Å². The molecule has 0 radical (unpaired) electrons. The Morgan fingerprint density at radius 1 is 0.613 bits per heavy atom. The fraction of sp³-hybridized carbons (Fsp3) is 0.556. The van der Waals surface area contributed by atoms with Gasteiger partial charge in [-0.25, -0.2) is 0 Å². The van der Waals surface area contributed by atoms with E-state index in [0.717, 1.165) is 0 Å². The number of carbonyl (C=O) groups excluding carboxylic acids is 4. The van der Waals surface area contributed by atoms with Crippen LogP contribution in [0.1, 0.15) is 0 Å². The summed E-state index contributed by atoms with van der Waals surface area (Å²) in [6.07, 6.45) is 0. The van der Waals surface area contributed by atoms with Crippen molar-refractivity contribution in [3.8, 4) is 0 Å². The van der Waals surface area contributed by atoms with Crippen LogP contribution >= 0.6 is 100 Å². The van der Waals surface area contributed by atoms with Crippen molar-refractivity contribution in [2.45, 2.75) is 19.3 Å². The van der Waals surface area contributed by atoms with E-state index in [4.69, 9.17) is 107 Å². The second-order valence-corrected chi connectivity index (χ2v) is 11.2. The first-order valence-electron chi connectivity index (χ1n) is 6.47. The van der Waals surface area contributed by atoms with E-state index in [2.05, 4.69) is 15.2 Å². The second kappa shape index (κ2) is 20.8. The average Bonchev–Trinajstić information content (AvgIpc) is 2.59. The Labute approximate surface area is 229 Å². The van der Waals surface area contributed by atoms with Crippen molar-refractivity contribution in [3.63, 3.8) is 0 Å². The molecule has 0 N–H and O–H groups in total. The number of alkyl halides is 8. The maximum atomic E-state index is 10.6. The Morgan fingerprint density at radius 2 is 0.742 bits per heavy atom. The first-order chi connectivity index (χ1) is 13.9. The fourth-order valence-corrected chi connectivity index (χ4v) is 2.57. The van der Waals surface area contributed by atoms with Gasteiger partial charge in [-0.15, -0.1) is 0 Å². The summed E-state index contributed by atoms with van der Waals surface area (Å²) in [4.78, 5) is 55.3. The predicted molar refractivity (Wildman–Crippen MR) is 111 cm³/mol. The fourth-order valence-electron chi connectivity index (χ4n) is 0.444. The van der Waals surface area contributed by atoms with Gasteiger partial charge in [-0.1, -0.05) is 7.60 Å². The third kappa shape index (κ3) is 31.4. The van der Waals surface area contributed by atoms with Gasteiger partial charge < -0.3 is 14.4 Å². The summed E-state index contributed by atoms with van der Waals surface area (Å²) < 4.78 is 26.5. The molecular weight excluding hydrogens is 653 g/mol. The topological polar surface area (TPSA) is 168 Å². The van der Waals surface area contributed by atoms with Gasteiger partial charge in [0.25, 0.3) is 0 Å². The van der Waals surface area contributed by atoms with Crippen LogP contribution in [0.25, 0.3) is 0 Å². The number of hydrogen-bond donors (Lipinski definition) is 0. The molecule has 0 unspecified atom stereocenters. The molecule has 0 aromatic heterocycles. The number of hydrogen-bond acceptors (Lipinski definition) is 11. The first-order valence-corrected chi connectivity index (χ1v) is 13.8. The van der Waals surface area contributed by atoms with E-state index < -0.39 is 82.6 Å². The molecule has 0 atom stereocenters. The molecule has 0 saturated carbocycles. The van der Waals surface area contributed by atoms with Crippen molar-refractivity contribution < 1.29 is 48.7 Å². The van der Waals surface area contributed by atoms with Crippen LogP contribution in [0.5, 0.6) is 0 Å². The van der Waals surface area contributed by atoms with Crippen molar-refractivity contribution in [3.05, 3.63) is 0 Å². The van der Waals surface area contributed by atoms with Gasteiger partial charge in [0.2, 0.25) is 0 Å². The molecule has 0 aromatic rings. The first kappa shape index (κ1) is 37.0. The summed E-state index contributed by atoms with van der Waals surface area (Å²) in [6, 6.07) is 0. The molecule has 11 nitrogen and oxygen atoms in total. The summed E-state index contributed by atoms with van der Waals surface area (Å²) in [5, 5.41) is 0. The van der Waals surface area contributed by atoms with Crippen molar-refractivity contribution >= 4 is 156 Å². The van der Waals surface area contributed by atoms with Crippen LogP contribution in [0.3, 0.4) is 0 Å². The summed E-state index contributed by atoms with van der Waals surface area (Å²) >= 11 is 38.3. The Morgan fingerprint density at radius 3 is 0.839 bits per heavy atom. The van der Waals surface area contributed by atoms with Crippen LogP contribution in [0.2, 0.25) is 0 Å². The number of rotatable bonds is 8. The molecular formula is C9H7Al2Cl8O11P. The van der Waals surface area contributed by atoms with Crippen LogP contribution in [-0.2, 0) is 38.9 Å². The van der Waals surface area contributed by atoms with Gasteiger partial charge in [-0.2, -0.15) is 0 Å². The number of carbonyl (C=O) groups is 4. The zero-order valence-corrected chi connectivity index (χ0v) is 23.7. The molecule has 0 amide bonds. The maximum absolute atomic E-state index is 10.6. The van der Waals surface area contributed by atoms with Crippen molar-refractivity contribution in [2.24, 2.45) is 0 Å². The van der Waals surface area contributed by atoms with Crippen molar-refractivity contribution in [1.82, 2.24) is 0 Å². The standard InChI is InChI=1S/4C2H2Cl2O2.CH5O3P.2Al/c4*3-1(4)2(5)6;1-5(2,3)4;;/h4*1H,(H,5,6);1H3,(H2,2,3,4);;/q;;;;;2*+3/p-6. The SMILES string of the molecule is CP(=O)([O-])[O-].O=C([O][Al+][O]C(=O)C(Cl)Cl)C(Cl)Cl.O=C([O][Al+][O]C(=O)C(Cl)Cl)C(Cl)Cl. The summed E-state index contributed by atoms with van der Waals surface area (Å²) in [7, 11) is -4.14. The zero-order valence-electron chi connectivity index (χ0n) is 14.4. The molecule has 0 saturated heterocycles. The van der Waals surface area contributed by atoms with E-state index in [1.54, 1.807) is 0 Å². The molecule has 0 spiro atoms. The monoisotopic (exact) mass is 656 g/mol. The normalized spacial score (nSPS) is 10.0. The Hall–Kier alpha value is 1.41. The van der Waals surface area contributed by atoms with Gasteiger partial charge >= 0.3 is 202 Å². The van der Waals surface area contributed by atoms with E-state index >= 15 is 0 Å². The van der Waals surface area contributed by atoms with Gasteiger partial charge in [-0.05, 0) is 6.66 Å². The molecule has 0 aromatic carbocycles. The van der Waals surface area contributed by atoms with Crippen LogP contribution in [-0.4, -0.2) is 81.7 Å². The van der Waals surface area contributed by atoms with E-state index in [1.807, 2.05) is 0 Å². The van der Waals surface area contributed by atoms with E-state index in [0.29, 0.717) is 6.66 Å². The van der Waals surface area contributed by atoms with E-state index in [9.17, 15) is 19.2 Å². The molecule has 0 rings (SSSR count). The van der Waals surface area contributed by atoms with Crippen LogP contribution in [0, 0.1) is 0 Å². The summed E-state index contributed by atoms with van der Waals surface area (Å²) in [5.74, 6) is -3.53. The van der Waals surface area contributed by atoms with Gasteiger partial charge in [0, 0.05) is 0 Å². The molecule has 0 heterocycles. The van der Waals surface area contributed by atoms with Gasteiger partial charge in [0.1, 0.15) is 0 Å². The predicted octanol–water partition coefficient (Wildman–Crippen LogP) is 0.959. The number of halogens is 8.